The number of aromatic nitrogens is 4. The van der Waals surface area contributed by atoms with Crippen molar-refractivity contribution in [1.29, 1.82) is 0 Å². The molecule has 0 aliphatic carbocycles. The highest BCUT2D eigenvalue weighted by Gasteiger charge is 2.32. The maximum atomic E-state index is 12.6. The van der Waals surface area contributed by atoms with Crippen LogP contribution in [0.1, 0.15) is 42.4 Å². The first-order valence-corrected chi connectivity index (χ1v) is 7.37. The van der Waals surface area contributed by atoms with E-state index >= 15 is 0 Å². The molecular weight excluding hydrogens is 327 g/mol. The number of nitrogens with zero attached hydrogens (tertiary/aromatic N) is 4. The third-order valence-electron chi connectivity index (χ3n) is 3.73. The van der Waals surface area contributed by atoms with E-state index in [4.69, 9.17) is 0 Å². The van der Waals surface area contributed by atoms with E-state index in [0.29, 0.717) is 29.1 Å². The van der Waals surface area contributed by atoms with Gasteiger partial charge in [0.25, 0.3) is 0 Å². The fraction of sp³-hybridized carbons (Fsp3) is 0.571. The van der Waals surface area contributed by atoms with Crippen LogP contribution in [0.3, 0.4) is 0 Å². The molecule has 0 aliphatic rings. The molecule has 0 aliphatic heterocycles. The minimum Gasteiger partial charge on any atom is -0.306 e. The molecule has 1 atom stereocenters. The van der Waals surface area contributed by atoms with Crippen LogP contribution >= 0.6 is 0 Å². The lowest BCUT2D eigenvalue weighted by molar-refractivity contribution is -0.143. The Kier molecular flexibility index (Phi) is 4.95. The number of halogens is 3. The fourth-order valence-electron chi connectivity index (χ4n) is 2.55. The van der Waals surface area contributed by atoms with Crippen molar-refractivity contribution < 1.29 is 22.6 Å². The van der Waals surface area contributed by atoms with Crippen LogP contribution in [-0.2, 0) is 17.8 Å². The Hall–Kier alpha value is -2.39. The molecule has 1 N–H and O–H groups in total. The highest BCUT2D eigenvalue weighted by molar-refractivity contribution is 5.95. The van der Waals surface area contributed by atoms with Crippen molar-refractivity contribution in [2.24, 2.45) is 0 Å². The summed E-state index contributed by atoms with van der Waals surface area (Å²) >= 11 is 0. The van der Waals surface area contributed by atoms with Gasteiger partial charge in [0, 0.05) is 11.3 Å². The van der Waals surface area contributed by atoms with Gasteiger partial charge < -0.3 is 5.32 Å². The van der Waals surface area contributed by atoms with Crippen molar-refractivity contribution in [1.82, 2.24) is 20.1 Å². The summed E-state index contributed by atoms with van der Waals surface area (Å²) in [5.41, 5.74) is 1.65. The summed E-state index contributed by atoms with van der Waals surface area (Å²) < 4.78 is 43.2. The molecule has 0 radical (unpaired) electrons. The second kappa shape index (κ2) is 6.62. The molecule has 0 fully saturated rings. The van der Waals surface area contributed by atoms with Crippen molar-refractivity contribution in [3.05, 3.63) is 22.6 Å². The molecular formula is C14H18F3N5O2. The minimum absolute atomic E-state index is 0.215. The van der Waals surface area contributed by atoms with Crippen molar-refractivity contribution in [3.8, 4) is 0 Å². The topological polar surface area (TPSA) is 85.8 Å². The molecule has 2 aromatic rings. The van der Waals surface area contributed by atoms with Crippen LogP contribution < -0.4 is 5.32 Å². The van der Waals surface area contributed by atoms with Crippen LogP contribution in [-0.4, -0.2) is 32.2 Å². The molecule has 1 amide bonds. The van der Waals surface area contributed by atoms with Crippen molar-refractivity contribution in [2.75, 3.05) is 5.32 Å². The molecule has 0 unspecified atom stereocenters. The SMILES string of the molecule is CCc1nonc1NC(=O)[C@@H](C)c1c(C)nn(CC(F)(F)F)c1C. The molecule has 0 spiro atoms. The van der Waals surface area contributed by atoms with Crippen LogP contribution in [0.15, 0.2) is 4.63 Å². The molecule has 0 saturated heterocycles. The zero-order chi connectivity index (χ0) is 18.1. The zero-order valence-electron chi connectivity index (χ0n) is 13.7. The van der Waals surface area contributed by atoms with E-state index in [-0.39, 0.29) is 5.82 Å². The van der Waals surface area contributed by atoms with Gasteiger partial charge in [-0.2, -0.15) is 18.3 Å². The summed E-state index contributed by atoms with van der Waals surface area (Å²) in [6.45, 7) is 5.33. The quantitative estimate of drug-likeness (QED) is 0.900. The number of nitrogens with one attached hydrogen (secondary N) is 1. The first-order valence-electron chi connectivity index (χ1n) is 7.37. The van der Waals surface area contributed by atoms with Gasteiger partial charge in [-0.15, -0.1) is 0 Å². The Morgan fingerprint density at radius 1 is 1.33 bits per heavy atom. The average Bonchev–Trinajstić information content (AvgIpc) is 3.01. The molecule has 0 saturated carbocycles. The van der Waals surface area contributed by atoms with Crippen LogP contribution in [0.25, 0.3) is 0 Å². The Balaban J connectivity index is 2.23. The molecule has 2 heterocycles. The van der Waals surface area contributed by atoms with Crippen LogP contribution in [0, 0.1) is 13.8 Å². The summed E-state index contributed by atoms with van der Waals surface area (Å²) in [5.74, 6) is -0.904. The van der Waals surface area contributed by atoms with Gasteiger partial charge in [0.05, 0.1) is 11.6 Å². The summed E-state index contributed by atoms with van der Waals surface area (Å²) in [4.78, 5) is 12.4. The second-order valence-electron chi connectivity index (χ2n) is 5.48. The van der Waals surface area contributed by atoms with Crippen molar-refractivity contribution >= 4 is 11.7 Å². The number of anilines is 1. The van der Waals surface area contributed by atoms with E-state index < -0.39 is 24.5 Å². The highest BCUT2D eigenvalue weighted by Crippen LogP contribution is 2.27. The van der Waals surface area contributed by atoms with Crippen molar-refractivity contribution in [3.63, 3.8) is 0 Å². The predicted octanol–water partition coefficient (Wildman–Crippen LogP) is 2.75. The molecule has 132 valence electrons. The fourth-order valence-corrected chi connectivity index (χ4v) is 2.55. The van der Waals surface area contributed by atoms with Gasteiger partial charge in [-0.25, -0.2) is 4.63 Å². The first-order chi connectivity index (χ1) is 11.1. The monoisotopic (exact) mass is 345 g/mol. The van der Waals surface area contributed by atoms with E-state index in [2.05, 4.69) is 25.4 Å². The van der Waals surface area contributed by atoms with E-state index in [9.17, 15) is 18.0 Å². The third kappa shape index (κ3) is 3.74. The lowest BCUT2D eigenvalue weighted by Gasteiger charge is -2.13. The number of carbonyl (C=O) groups is 1. The third-order valence-corrected chi connectivity index (χ3v) is 3.73. The van der Waals surface area contributed by atoms with Gasteiger partial charge in [-0.05, 0) is 32.3 Å². The summed E-state index contributed by atoms with van der Waals surface area (Å²) in [6, 6.07) is 0. The van der Waals surface area contributed by atoms with Crippen LogP contribution in [0.2, 0.25) is 0 Å². The van der Waals surface area contributed by atoms with Gasteiger partial charge in [0.1, 0.15) is 12.2 Å². The molecule has 0 aromatic carbocycles. The lowest BCUT2D eigenvalue weighted by Crippen LogP contribution is -2.22. The molecule has 10 heteroatoms. The van der Waals surface area contributed by atoms with Gasteiger partial charge >= 0.3 is 6.18 Å². The molecule has 0 bridgehead atoms. The normalized spacial score (nSPS) is 13.1. The second-order valence-corrected chi connectivity index (χ2v) is 5.48. The maximum absolute atomic E-state index is 12.6. The number of rotatable bonds is 5. The molecule has 24 heavy (non-hydrogen) atoms. The number of alkyl halides is 3. The minimum atomic E-state index is -4.38. The number of carbonyl (C=O) groups excluding carboxylic acids is 1. The van der Waals surface area contributed by atoms with Gasteiger partial charge in [-0.3, -0.25) is 9.48 Å². The van der Waals surface area contributed by atoms with E-state index in [1.54, 1.807) is 13.8 Å². The standard InChI is InChI=1S/C14H18F3N5O2/c1-5-10-12(21-24-20-10)18-13(23)7(2)11-8(3)19-22(9(11)4)6-14(15,16)17/h7H,5-6H2,1-4H3,(H,18,21,23)/t7-/m0/s1. The Labute approximate surface area is 136 Å². The first kappa shape index (κ1) is 18.0. The highest BCUT2D eigenvalue weighted by atomic mass is 19.4. The molecule has 2 rings (SSSR count). The summed E-state index contributed by atoms with van der Waals surface area (Å²) in [6.07, 6.45) is -3.86. The molecule has 7 nitrogen and oxygen atoms in total. The largest absolute Gasteiger partial charge is 0.408 e. The number of hydrogen-bond donors (Lipinski definition) is 1. The van der Waals surface area contributed by atoms with Gasteiger partial charge in [0.2, 0.25) is 11.7 Å². The number of aryl methyl sites for hydroxylation is 2. The smallest absolute Gasteiger partial charge is 0.306 e. The Bertz CT molecular complexity index is 735. The Morgan fingerprint density at radius 3 is 2.58 bits per heavy atom. The van der Waals surface area contributed by atoms with E-state index in [0.717, 1.165) is 4.68 Å². The van der Waals surface area contributed by atoms with Gasteiger partial charge in [-0.1, -0.05) is 12.1 Å². The number of hydrogen-bond acceptors (Lipinski definition) is 5. The molecule has 2 aromatic heterocycles. The average molecular weight is 345 g/mol. The lowest BCUT2D eigenvalue weighted by atomic mass is 9.98. The number of amides is 1. The van der Waals surface area contributed by atoms with Gasteiger partial charge in [0.15, 0.2) is 0 Å². The predicted molar refractivity (Wildman–Crippen MR) is 78.5 cm³/mol. The van der Waals surface area contributed by atoms with E-state index in [1.807, 2.05) is 6.92 Å². The Morgan fingerprint density at radius 2 is 2.00 bits per heavy atom. The maximum Gasteiger partial charge on any atom is 0.408 e. The van der Waals surface area contributed by atoms with Crippen LogP contribution in [0.4, 0.5) is 19.0 Å². The van der Waals surface area contributed by atoms with E-state index in [1.165, 1.54) is 6.92 Å². The zero-order valence-corrected chi connectivity index (χ0v) is 13.7. The van der Waals surface area contributed by atoms with Crippen LogP contribution in [0.5, 0.6) is 0 Å². The summed E-state index contributed by atoms with van der Waals surface area (Å²) in [7, 11) is 0. The van der Waals surface area contributed by atoms with Crippen molar-refractivity contribution in [2.45, 2.75) is 52.8 Å². The summed E-state index contributed by atoms with van der Waals surface area (Å²) in [5, 5.41) is 13.8.